The van der Waals surface area contributed by atoms with Gasteiger partial charge in [-0.1, -0.05) is 43.2 Å². The normalized spacial score (nSPS) is 23.2. The van der Waals surface area contributed by atoms with Crippen molar-refractivity contribution in [3.63, 3.8) is 0 Å². The molecule has 130 valence electrons. The van der Waals surface area contributed by atoms with Crippen LogP contribution < -0.4 is 10.6 Å². The Balaban J connectivity index is 2.11. The van der Waals surface area contributed by atoms with Crippen LogP contribution in [-0.4, -0.2) is 30.4 Å². The molecule has 0 aliphatic carbocycles. The topological polar surface area (TPSA) is 84.5 Å². The Bertz CT molecular complexity index is 574. The van der Waals surface area contributed by atoms with Crippen LogP contribution in [0.25, 0.3) is 0 Å². The molecule has 1 aromatic rings. The first kappa shape index (κ1) is 18.0. The predicted molar refractivity (Wildman–Crippen MR) is 89.0 cm³/mol. The summed E-state index contributed by atoms with van der Waals surface area (Å²) in [5, 5.41) is 5.57. The van der Waals surface area contributed by atoms with Crippen LogP contribution in [0.15, 0.2) is 30.3 Å². The maximum atomic E-state index is 12.3. The van der Waals surface area contributed by atoms with E-state index in [9.17, 15) is 14.4 Å². The van der Waals surface area contributed by atoms with Gasteiger partial charge in [-0.15, -0.1) is 0 Å². The van der Waals surface area contributed by atoms with Crippen molar-refractivity contribution in [3.05, 3.63) is 35.9 Å². The molecule has 0 aromatic heterocycles. The monoisotopic (exact) mass is 332 g/mol. The summed E-state index contributed by atoms with van der Waals surface area (Å²) in [7, 11) is 0. The number of ether oxygens (including phenoxy) is 1. The zero-order valence-corrected chi connectivity index (χ0v) is 13.9. The van der Waals surface area contributed by atoms with Crippen molar-refractivity contribution in [2.24, 2.45) is 0 Å². The Kier molecular flexibility index (Phi) is 6.78. The molecular formula is C18H24N2O4. The van der Waals surface area contributed by atoms with Gasteiger partial charge >= 0.3 is 5.97 Å². The van der Waals surface area contributed by atoms with Gasteiger partial charge in [0.1, 0.15) is 12.6 Å². The van der Waals surface area contributed by atoms with Gasteiger partial charge in [-0.25, -0.2) is 4.79 Å². The van der Waals surface area contributed by atoms with Gasteiger partial charge in [0.05, 0.1) is 6.04 Å². The molecule has 1 aromatic carbocycles. The summed E-state index contributed by atoms with van der Waals surface area (Å²) in [5.41, 5.74) is 0.881. The van der Waals surface area contributed by atoms with Crippen molar-refractivity contribution >= 4 is 17.8 Å². The average Bonchev–Trinajstić information content (AvgIpc) is 2.56. The Morgan fingerprint density at radius 1 is 1.17 bits per heavy atom. The van der Waals surface area contributed by atoms with Crippen LogP contribution in [0.4, 0.5) is 0 Å². The number of carbonyl (C=O) groups excluding carboxylic acids is 3. The smallest absolute Gasteiger partial charge is 0.328 e. The molecule has 2 amide bonds. The Hall–Kier alpha value is -2.37. The van der Waals surface area contributed by atoms with Crippen LogP contribution in [-0.2, 0) is 19.1 Å². The number of nitrogens with one attached hydrogen (secondary N) is 2. The molecule has 6 heteroatoms. The molecule has 0 spiro atoms. The van der Waals surface area contributed by atoms with Crippen LogP contribution in [0, 0.1) is 0 Å². The highest BCUT2D eigenvalue weighted by molar-refractivity contribution is 5.83. The molecular weight excluding hydrogens is 308 g/mol. The van der Waals surface area contributed by atoms with Crippen LogP contribution >= 0.6 is 0 Å². The summed E-state index contributed by atoms with van der Waals surface area (Å²) >= 11 is 0. The minimum Gasteiger partial charge on any atom is -0.462 e. The quantitative estimate of drug-likeness (QED) is 0.810. The SMILES string of the molecule is CC(=O)N[C@@H]1CCCCCC(=O)NC(c2ccccc2)COC1=O. The third-order valence-electron chi connectivity index (χ3n) is 3.99. The van der Waals surface area contributed by atoms with E-state index in [2.05, 4.69) is 10.6 Å². The van der Waals surface area contributed by atoms with Crippen molar-refractivity contribution < 1.29 is 19.1 Å². The van der Waals surface area contributed by atoms with Crippen LogP contribution in [0.1, 0.15) is 50.6 Å². The lowest BCUT2D eigenvalue weighted by Crippen LogP contribution is -2.42. The molecule has 2 rings (SSSR count). The van der Waals surface area contributed by atoms with E-state index >= 15 is 0 Å². The number of carbonyl (C=O) groups is 3. The highest BCUT2D eigenvalue weighted by Gasteiger charge is 2.24. The summed E-state index contributed by atoms with van der Waals surface area (Å²) < 4.78 is 5.38. The summed E-state index contributed by atoms with van der Waals surface area (Å²) in [6.45, 7) is 1.43. The number of hydrogen-bond acceptors (Lipinski definition) is 4. The first-order valence-electron chi connectivity index (χ1n) is 8.34. The zero-order chi connectivity index (χ0) is 17.4. The maximum Gasteiger partial charge on any atom is 0.328 e. The Labute approximate surface area is 142 Å². The van der Waals surface area contributed by atoms with Crippen LogP contribution in [0.2, 0.25) is 0 Å². The third kappa shape index (κ3) is 5.68. The average molecular weight is 332 g/mol. The number of rotatable bonds is 2. The molecule has 0 bridgehead atoms. The van der Waals surface area contributed by atoms with Crippen molar-refractivity contribution in [1.29, 1.82) is 0 Å². The van der Waals surface area contributed by atoms with E-state index in [-0.39, 0.29) is 24.5 Å². The molecule has 1 aliphatic heterocycles. The molecule has 0 radical (unpaired) electrons. The lowest BCUT2D eigenvalue weighted by atomic mass is 10.0. The first-order chi connectivity index (χ1) is 11.6. The maximum absolute atomic E-state index is 12.3. The predicted octanol–water partition coefficient (Wildman–Crippen LogP) is 1.86. The van der Waals surface area contributed by atoms with E-state index in [0.29, 0.717) is 12.8 Å². The number of amides is 2. The highest BCUT2D eigenvalue weighted by Crippen LogP contribution is 2.16. The fourth-order valence-electron chi connectivity index (χ4n) is 2.74. The molecule has 1 fully saturated rings. The summed E-state index contributed by atoms with van der Waals surface area (Å²) in [6.07, 6.45) is 3.32. The van der Waals surface area contributed by atoms with Crippen molar-refractivity contribution in [2.45, 2.75) is 51.1 Å². The fraction of sp³-hybridized carbons (Fsp3) is 0.500. The van der Waals surface area contributed by atoms with E-state index in [1.54, 1.807) is 0 Å². The highest BCUT2D eigenvalue weighted by atomic mass is 16.5. The van der Waals surface area contributed by atoms with Crippen molar-refractivity contribution in [2.75, 3.05) is 6.61 Å². The first-order valence-corrected chi connectivity index (χ1v) is 8.34. The molecule has 1 heterocycles. The number of benzene rings is 1. The fourth-order valence-corrected chi connectivity index (χ4v) is 2.74. The van der Waals surface area contributed by atoms with Gasteiger partial charge in [-0.3, -0.25) is 9.59 Å². The van der Waals surface area contributed by atoms with Crippen LogP contribution in [0.5, 0.6) is 0 Å². The van der Waals surface area contributed by atoms with E-state index in [1.807, 2.05) is 30.3 Å². The molecule has 1 unspecified atom stereocenters. The minimum absolute atomic E-state index is 0.0427. The van der Waals surface area contributed by atoms with E-state index in [0.717, 1.165) is 24.8 Å². The molecule has 2 atom stereocenters. The second-order valence-electron chi connectivity index (χ2n) is 6.01. The Morgan fingerprint density at radius 2 is 1.92 bits per heavy atom. The van der Waals surface area contributed by atoms with Gasteiger partial charge in [0.15, 0.2) is 0 Å². The van der Waals surface area contributed by atoms with Crippen LogP contribution in [0.3, 0.4) is 0 Å². The molecule has 24 heavy (non-hydrogen) atoms. The number of cyclic esters (lactones) is 1. The molecule has 1 aliphatic rings. The van der Waals surface area contributed by atoms with Gasteiger partial charge in [-0.05, 0) is 18.4 Å². The van der Waals surface area contributed by atoms with E-state index < -0.39 is 12.0 Å². The van der Waals surface area contributed by atoms with Gasteiger partial charge in [-0.2, -0.15) is 0 Å². The van der Waals surface area contributed by atoms with E-state index in [4.69, 9.17) is 4.74 Å². The van der Waals surface area contributed by atoms with Gasteiger partial charge in [0.25, 0.3) is 0 Å². The van der Waals surface area contributed by atoms with Crippen molar-refractivity contribution in [3.8, 4) is 0 Å². The van der Waals surface area contributed by atoms with E-state index in [1.165, 1.54) is 6.92 Å². The molecule has 0 saturated carbocycles. The van der Waals surface area contributed by atoms with Crippen molar-refractivity contribution in [1.82, 2.24) is 10.6 Å². The van der Waals surface area contributed by atoms with Gasteiger partial charge in [0.2, 0.25) is 11.8 Å². The molecule has 1 saturated heterocycles. The second-order valence-corrected chi connectivity index (χ2v) is 6.01. The molecule has 6 nitrogen and oxygen atoms in total. The number of hydrogen-bond donors (Lipinski definition) is 2. The standard InChI is InChI=1S/C18H24N2O4/c1-13(21)19-15-10-6-3-7-11-17(22)20-16(12-24-18(15)23)14-8-4-2-5-9-14/h2,4-5,8-9,15-16H,3,6-7,10-12H2,1H3,(H,19,21)(H,20,22)/t15-,16?/m1/s1. The largest absolute Gasteiger partial charge is 0.462 e. The summed E-state index contributed by atoms with van der Waals surface area (Å²) in [6, 6.07) is 8.39. The zero-order valence-electron chi connectivity index (χ0n) is 13.9. The summed E-state index contributed by atoms with van der Waals surface area (Å²) in [5.74, 6) is -0.753. The number of esters is 1. The third-order valence-corrected chi connectivity index (χ3v) is 3.99. The minimum atomic E-state index is -0.631. The lowest BCUT2D eigenvalue weighted by Gasteiger charge is -2.23. The summed E-state index contributed by atoms with van der Waals surface area (Å²) in [4.78, 5) is 35.6. The lowest BCUT2D eigenvalue weighted by molar-refractivity contribution is -0.149. The second kappa shape index (κ2) is 9.05. The van der Waals surface area contributed by atoms with Gasteiger partial charge < -0.3 is 15.4 Å². The molecule has 2 N–H and O–H groups in total. The Morgan fingerprint density at radius 3 is 2.62 bits per heavy atom. The van der Waals surface area contributed by atoms with Gasteiger partial charge in [0, 0.05) is 13.3 Å².